The lowest BCUT2D eigenvalue weighted by Gasteiger charge is -2.33. The van der Waals surface area contributed by atoms with Crippen LogP contribution in [-0.4, -0.2) is 54.4 Å². The molecular formula is C36H44N6O3S. The fourth-order valence-corrected chi connectivity index (χ4v) is 9.31. The zero-order valence-corrected chi connectivity index (χ0v) is 27.7. The number of pyridine rings is 1. The van der Waals surface area contributed by atoms with Gasteiger partial charge >= 0.3 is 0 Å². The molecule has 0 radical (unpaired) electrons. The molecule has 0 bridgehead atoms. The summed E-state index contributed by atoms with van der Waals surface area (Å²) in [6.45, 7) is 4.50. The zero-order valence-electron chi connectivity index (χ0n) is 26.8. The molecule has 3 fully saturated rings. The lowest BCUT2D eigenvalue weighted by Crippen LogP contribution is -2.44. The monoisotopic (exact) mass is 640 g/mol. The van der Waals surface area contributed by atoms with E-state index in [4.69, 9.17) is 4.98 Å². The largest absolute Gasteiger partial charge is 0.370 e. The van der Waals surface area contributed by atoms with E-state index < -0.39 is 9.84 Å². The van der Waals surface area contributed by atoms with Crippen molar-refractivity contribution in [3.63, 3.8) is 0 Å². The summed E-state index contributed by atoms with van der Waals surface area (Å²) in [4.78, 5) is 26.3. The second kappa shape index (κ2) is 12.8. The van der Waals surface area contributed by atoms with Crippen LogP contribution in [0.15, 0.2) is 64.4 Å². The Balaban J connectivity index is 1.21. The molecule has 2 aliphatic carbocycles. The Labute approximate surface area is 271 Å². The minimum Gasteiger partial charge on any atom is -0.370 e. The minimum absolute atomic E-state index is 0.149. The molecule has 1 atom stereocenters. The van der Waals surface area contributed by atoms with Crippen LogP contribution in [0.4, 0.5) is 17.3 Å². The zero-order chi connectivity index (χ0) is 31.8. The lowest BCUT2D eigenvalue weighted by atomic mass is 10.0. The molecule has 0 amide bonds. The molecule has 4 aromatic rings. The lowest BCUT2D eigenvalue weighted by molar-refractivity contribution is 0.445. The molecule has 3 heterocycles. The summed E-state index contributed by atoms with van der Waals surface area (Å²) in [5.41, 5.74) is 4.25. The van der Waals surface area contributed by atoms with Crippen molar-refractivity contribution in [1.82, 2.24) is 19.9 Å². The summed E-state index contributed by atoms with van der Waals surface area (Å²) < 4.78 is 29.2. The second-order valence-electron chi connectivity index (χ2n) is 13.4. The van der Waals surface area contributed by atoms with Gasteiger partial charge in [0, 0.05) is 54.7 Å². The summed E-state index contributed by atoms with van der Waals surface area (Å²) in [6.07, 6.45) is 10.7. The molecule has 0 spiro atoms. The number of likely N-dealkylation sites (N-methyl/N-ethyl adjacent to an activating group) is 1. The highest BCUT2D eigenvalue weighted by Gasteiger charge is 2.31. The first kappa shape index (κ1) is 30.9. The molecule has 1 saturated heterocycles. The van der Waals surface area contributed by atoms with Crippen molar-refractivity contribution in [3.8, 4) is 11.1 Å². The van der Waals surface area contributed by atoms with E-state index in [-0.39, 0.29) is 10.8 Å². The molecule has 242 valence electrons. The maximum absolute atomic E-state index is 14.2. The molecule has 9 nitrogen and oxygen atoms in total. The number of fused-ring (bicyclic) bond motifs is 1. The average Bonchev–Trinajstić information content (AvgIpc) is 3.91. The SMILES string of the molecule is Cc1c(-c2cc3cnc(Nc4ccc(N(C)C5CCCNC5)cc4)nc3n(CC3CC3)c2=O)cccc1S(=O)(=O)C1CCCCC1. The Kier molecular flexibility index (Phi) is 8.59. The number of benzene rings is 2. The van der Waals surface area contributed by atoms with Crippen LogP contribution in [0.3, 0.4) is 0 Å². The topological polar surface area (TPSA) is 109 Å². The van der Waals surface area contributed by atoms with Crippen LogP contribution < -0.4 is 21.1 Å². The third-order valence-corrected chi connectivity index (χ3v) is 12.6. The predicted molar refractivity (Wildman–Crippen MR) is 185 cm³/mol. The van der Waals surface area contributed by atoms with Crippen LogP contribution in [0.5, 0.6) is 0 Å². The van der Waals surface area contributed by atoms with Crippen molar-refractivity contribution in [2.45, 2.75) is 87.4 Å². The van der Waals surface area contributed by atoms with Gasteiger partial charge in [-0.2, -0.15) is 4.98 Å². The van der Waals surface area contributed by atoms with Gasteiger partial charge in [0.2, 0.25) is 5.95 Å². The van der Waals surface area contributed by atoms with E-state index in [1.807, 2.05) is 31.2 Å². The Bertz CT molecular complexity index is 1890. The Hall–Kier alpha value is -3.76. The van der Waals surface area contributed by atoms with Gasteiger partial charge in [-0.1, -0.05) is 31.4 Å². The smallest absolute Gasteiger partial charge is 0.260 e. The Morgan fingerprint density at radius 1 is 0.978 bits per heavy atom. The van der Waals surface area contributed by atoms with E-state index in [9.17, 15) is 13.2 Å². The predicted octanol–water partition coefficient (Wildman–Crippen LogP) is 6.22. The standard InChI is InChI=1S/C36H44N6O3S/c1-24-31(11-6-12-33(24)46(44,45)30-9-4-3-5-10-30)32-20-26-21-38-36(40-34(26)42(35(32)43)23-25-13-14-25)39-27-15-17-28(18-16-27)41(2)29-8-7-19-37-22-29/h6,11-12,15-18,20-21,25,29-30,37H,3-5,7-10,13-14,19,22-23H2,1-2H3,(H,38,39,40). The van der Waals surface area contributed by atoms with Gasteiger partial charge < -0.3 is 15.5 Å². The number of nitrogens with one attached hydrogen (secondary N) is 2. The van der Waals surface area contributed by atoms with Crippen molar-refractivity contribution in [3.05, 3.63) is 70.6 Å². The fraction of sp³-hybridized carbons (Fsp3) is 0.472. The summed E-state index contributed by atoms with van der Waals surface area (Å²) in [5.74, 6) is 0.865. The van der Waals surface area contributed by atoms with Crippen LogP contribution in [0, 0.1) is 12.8 Å². The third-order valence-electron chi connectivity index (χ3n) is 10.2. The van der Waals surface area contributed by atoms with Crippen LogP contribution in [0.2, 0.25) is 0 Å². The molecule has 2 saturated carbocycles. The van der Waals surface area contributed by atoms with Crippen molar-refractivity contribution >= 4 is 38.2 Å². The van der Waals surface area contributed by atoms with Crippen molar-refractivity contribution in [2.24, 2.45) is 5.92 Å². The van der Waals surface area contributed by atoms with E-state index >= 15 is 0 Å². The van der Waals surface area contributed by atoms with Gasteiger partial charge in [0.25, 0.3) is 5.56 Å². The molecule has 2 N–H and O–H groups in total. The number of sulfone groups is 1. The number of hydrogen-bond acceptors (Lipinski definition) is 8. The second-order valence-corrected chi connectivity index (χ2v) is 15.6. The highest BCUT2D eigenvalue weighted by molar-refractivity contribution is 7.92. The maximum atomic E-state index is 14.2. The number of hydrogen-bond donors (Lipinski definition) is 2. The molecule has 2 aromatic carbocycles. The maximum Gasteiger partial charge on any atom is 0.260 e. The first-order valence-corrected chi connectivity index (χ1v) is 18.4. The van der Waals surface area contributed by atoms with Crippen LogP contribution in [0.25, 0.3) is 22.2 Å². The summed E-state index contributed by atoms with van der Waals surface area (Å²) in [6, 6.07) is 15.9. The van der Waals surface area contributed by atoms with Gasteiger partial charge in [0.15, 0.2) is 9.84 Å². The summed E-state index contributed by atoms with van der Waals surface area (Å²) in [7, 11) is -1.35. The van der Waals surface area contributed by atoms with E-state index in [1.54, 1.807) is 22.9 Å². The molecule has 7 rings (SSSR count). The normalized spacial score (nSPS) is 19.3. The number of nitrogens with zero attached hydrogens (tertiary/aromatic N) is 4. The van der Waals surface area contributed by atoms with Gasteiger partial charge in [-0.3, -0.25) is 9.36 Å². The van der Waals surface area contributed by atoms with E-state index in [0.717, 1.165) is 62.0 Å². The molecule has 2 aromatic heterocycles. The fourth-order valence-electron chi connectivity index (χ4n) is 7.19. The van der Waals surface area contributed by atoms with Crippen LogP contribution in [-0.2, 0) is 16.4 Å². The van der Waals surface area contributed by atoms with Crippen LogP contribution >= 0.6 is 0 Å². The van der Waals surface area contributed by atoms with Crippen molar-refractivity contribution in [2.75, 3.05) is 30.4 Å². The molecular weight excluding hydrogens is 597 g/mol. The minimum atomic E-state index is -3.49. The van der Waals surface area contributed by atoms with Crippen molar-refractivity contribution < 1.29 is 8.42 Å². The summed E-state index contributed by atoms with van der Waals surface area (Å²) >= 11 is 0. The molecule has 3 aliphatic rings. The molecule has 10 heteroatoms. The molecule has 1 unspecified atom stereocenters. The summed E-state index contributed by atoms with van der Waals surface area (Å²) in [5, 5.41) is 7.21. The Morgan fingerprint density at radius 2 is 1.76 bits per heavy atom. The molecule has 1 aliphatic heterocycles. The van der Waals surface area contributed by atoms with Gasteiger partial charge in [0.1, 0.15) is 5.65 Å². The third kappa shape index (κ3) is 6.17. The number of anilines is 3. The van der Waals surface area contributed by atoms with E-state index in [2.05, 4.69) is 39.7 Å². The number of rotatable bonds is 9. The first-order valence-electron chi connectivity index (χ1n) is 16.8. The van der Waals surface area contributed by atoms with Crippen LogP contribution in [0.1, 0.15) is 63.4 Å². The van der Waals surface area contributed by atoms with Gasteiger partial charge in [-0.15, -0.1) is 0 Å². The Morgan fingerprint density at radius 3 is 2.48 bits per heavy atom. The highest BCUT2D eigenvalue weighted by Crippen LogP contribution is 2.35. The number of aromatic nitrogens is 3. The van der Waals surface area contributed by atoms with Gasteiger partial charge in [-0.05, 0) is 105 Å². The highest BCUT2D eigenvalue weighted by atomic mass is 32.2. The van der Waals surface area contributed by atoms with Gasteiger partial charge in [-0.25, -0.2) is 13.4 Å². The van der Waals surface area contributed by atoms with E-state index in [1.165, 1.54) is 12.8 Å². The van der Waals surface area contributed by atoms with Crippen molar-refractivity contribution in [1.29, 1.82) is 0 Å². The average molecular weight is 641 g/mol. The quantitative estimate of drug-likeness (QED) is 0.222. The van der Waals surface area contributed by atoms with Gasteiger partial charge in [0.05, 0.1) is 10.1 Å². The number of piperidine rings is 1. The first-order chi connectivity index (χ1) is 22.3. The van der Waals surface area contributed by atoms with E-state index in [0.29, 0.717) is 64.5 Å². The molecule has 46 heavy (non-hydrogen) atoms.